The van der Waals surface area contributed by atoms with Crippen LogP contribution in [0.15, 0.2) is 24.3 Å². The largest absolute Gasteiger partial charge is 0.481 e. The second kappa shape index (κ2) is 10.4. The van der Waals surface area contributed by atoms with E-state index in [1.165, 1.54) is 14.2 Å². The second-order valence-corrected chi connectivity index (χ2v) is 6.03. The van der Waals surface area contributed by atoms with Crippen LogP contribution in [0.25, 0.3) is 0 Å². The zero-order valence-corrected chi connectivity index (χ0v) is 14.8. The fourth-order valence-corrected chi connectivity index (χ4v) is 3.00. The molecule has 0 amide bonds. The molecule has 26 heavy (non-hydrogen) atoms. The third-order valence-corrected chi connectivity index (χ3v) is 4.51. The molecule has 0 aliphatic heterocycles. The summed E-state index contributed by atoms with van der Waals surface area (Å²) in [6.45, 7) is 0. The number of allylic oxidation sites excluding steroid dienone is 4. The minimum Gasteiger partial charge on any atom is -0.481 e. The van der Waals surface area contributed by atoms with E-state index in [1.54, 1.807) is 12.2 Å². The normalized spacial score (nSPS) is 26.8. The number of hydrogen-bond acceptors (Lipinski definition) is 6. The highest BCUT2D eigenvalue weighted by Gasteiger charge is 2.35. The lowest BCUT2D eigenvalue weighted by molar-refractivity contribution is -0.155. The molecule has 0 saturated carbocycles. The van der Waals surface area contributed by atoms with Gasteiger partial charge >= 0.3 is 23.9 Å². The summed E-state index contributed by atoms with van der Waals surface area (Å²) in [4.78, 5) is 43.8. The Bertz CT molecular complexity index is 540. The van der Waals surface area contributed by atoms with Crippen LogP contribution in [0.4, 0.5) is 0 Å². The maximum Gasteiger partial charge on any atom is 0.309 e. The SMILES string of the molecule is COC(=O)[C@@H]1CC=CC[C@H]1C(=O)O.COC(=O)[C@H]1CC=CC[C@@H]1C(=O)O. The Morgan fingerprint density at radius 1 is 0.654 bits per heavy atom. The summed E-state index contributed by atoms with van der Waals surface area (Å²) in [5.74, 6) is -5.03. The van der Waals surface area contributed by atoms with Crippen LogP contribution in [0.5, 0.6) is 0 Å². The van der Waals surface area contributed by atoms with E-state index in [4.69, 9.17) is 10.2 Å². The topological polar surface area (TPSA) is 127 Å². The van der Waals surface area contributed by atoms with Crippen LogP contribution in [0, 0.1) is 23.7 Å². The Kier molecular flexibility index (Phi) is 8.54. The molecular weight excluding hydrogens is 344 g/mol. The Morgan fingerprint density at radius 3 is 1.15 bits per heavy atom. The zero-order chi connectivity index (χ0) is 19.7. The van der Waals surface area contributed by atoms with E-state index in [1.807, 2.05) is 12.2 Å². The third-order valence-electron chi connectivity index (χ3n) is 4.51. The van der Waals surface area contributed by atoms with Crippen molar-refractivity contribution in [3.8, 4) is 0 Å². The molecule has 2 aliphatic carbocycles. The highest BCUT2D eigenvalue weighted by molar-refractivity contribution is 5.82. The molecule has 0 fully saturated rings. The summed E-state index contributed by atoms with van der Waals surface area (Å²) >= 11 is 0. The van der Waals surface area contributed by atoms with Crippen LogP contribution in [0.1, 0.15) is 25.7 Å². The molecule has 0 unspecified atom stereocenters. The summed E-state index contributed by atoms with van der Waals surface area (Å²) in [6, 6.07) is 0. The highest BCUT2D eigenvalue weighted by atomic mass is 16.5. The van der Waals surface area contributed by atoms with Crippen LogP contribution >= 0.6 is 0 Å². The Balaban J connectivity index is 0.000000260. The van der Waals surface area contributed by atoms with Gasteiger partial charge in [0.1, 0.15) is 0 Å². The maximum atomic E-state index is 11.2. The van der Waals surface area contributed by atoms with Crippen LogP contribution in [0.2, 0.25) is 0 Å². The first-order valence-corrected chi connectivity index (χ1v) is 8.24. The van der Waals surface area contributed by atoms with E-state index in [0.29, 0.717) is 25.7 Å². The van der Waals surface area contributed by atoms with Gasteiger partial charge in [0, 0.05) is 0 Å². The lowest BCUT2D eigenvalue weighted by Gasteiger charge is -2.22. The number of esters is 2. The molecule has 0 saturated heterocycles. The minimum atomic E-state index is -0.931. The Morgan fingerprint density at radius 2 is 0.923 bits per heavy atom. The van der Waals surface area contributed by atoms with Gasteiger partial charge in [-0.2, -0.15) is 0 Å². The smallest absolute Gasteiger partial charge is 0.309 e. The van der Waals surface area contributed by atoms with Crippen molar-refractivity contribution in [2.75, 3.05) is 14.2 Å². The average Bonchev–Trinajstić information content (AvgIpc) is 2.67. The van der Waals surface area contributed by atoms with Crippen molar-refractivity contribution < 1.29 is 38.9 Å². The van der Waals surface area contributed by atoms with Gasteiger partial charge in [-0.25, -0.2) is 0 Å². The van der Waals surface area contributed by atoms with Crippen LogP contribution < -0.4 is 0 Å². The molecule has 144 valence electrons. The lowest BCUT2D eigenvalue weighted by atomic mass is 9.83. The molecule has 0 spiro atoms. The number of carbonyl (C=O) groups is 4. The fraction of sp³-hybridized carbons (Fsp3) is 0.556. The molecule has 0 aromatic rings. The monoisotopic (exact) mass is 368 g/mol. The van der Waals surface area contributed by atoms with Crippen LogP contribution in [0.3, 0.4) is 0 Å². The van der Waals surface area contributed by atoms with E-state index in [2.05, 4.69) is 9.47 Å². The summed E-state index contributed by atoms with van der Waals surface area (Å²) in [5.41, 5.74) is 0. The molecule has 2 aliphatic rings. The van der Waals surface area contributed by atoms with Crippen LogP contribution in [-0.4, -0.2) is 48.3 Å². The van der Waals surface area contributed by atoms with Crippen molar-refractivity contribution in [2.24, 2.45) is 23.7 Å². The number of aliphatic carboxylic acids is 2. The molecule has 2 N–H and O–H groups in total. The number of rotatable bonds is 4. The van der Waals surface area contributed by atoms with Gasteiger partial charge in [0.25, 0.3) is 0 Å². The van der Waals surface area contributed by atoms with Crippen molar-refractivity contribution in [1.82, 2.24) is 0 Å². The third kappa shape index (κ3) is 5.72. The number of hydrogen-bond donors (Lipinski definition) is 2. The van der Waals surface area contributed by atoms with E-state index in [9.17, 15) is 19.2 Å². The molecule has 8 nitrogen and oxygen atoms in total. The zero-order valence-electron chi connectivity index (χ0n) is 14.8. The van der Waals surface area contributed by atoms with Crippen molar-refractivity contribution >= 4 is 23.9 Å². The standard InChI is InChI=1S/2C9H12O4/c2*1-13-9(12)7-5-3-2-4-6(7)8(10)11/h2*2-3,6-7H,4-5H2,1H3,(H,10,11)/t2*6-,7-/m10/s1. The maximum absolute atomic E-state index is 11.2. The predicted octanol–water partition coefficient (Wildman–Crippen LogP) is 1.65. The summed E-state index contributed by atoms with van der Waals surface area (Å²) in [5, 5.41) is 17.6. The summed E-state index contributed by atoms with van der Waals surface area (Å²) in [7, 11) is 2.55. The number of ether oxygens (including phenoxy) is 2. The predicted molar refractivity (Wildman–Crippen MR) is 90.0 cm³/mol. The van der Waals surface area contributed by atoms with Crippen molar-refractivity contribution in [3.05, 3.63) is 24.3 Å². The van der Waals surface area contributed by atoms with Crippen LogP contribution in [-0.2, 0) is 28.7 Å². The molecule has 0 aromatic heterocycles. The number of carboxylic acid groups (broad SMARTS) is 2. The van der Waals surface area contributed by atoms with Gasteiger partial charge in [-0.05, 0) is 25.7 Å². The van der Waals surface area contributed by atoms with Gasteiger partial charge in [0.05, 0.1) is 37.9 Å². The quantitative estimate of drug-likeness (QED) is 0.566. The second-order valence-electron chi connectivity index (χ2n) is 6.03. The number of carbonyl (C=O) groups excluding carboxylic acids is 2. The summed E-state index contributed by atoms with van der Waals surface area (Å²) in [6.07, 6.45) is 8.97. The molecular formula is C18H24O8. The van der Waals surface area contributed by atoms with E-state index < -0.39 is 47.5 Å². The fourth-order valence-electron chi connectivity index (χ4n) is 3.00. The minimum absolute atomic E-state index is 0.412. The van der Waals surface area contributed by atoms with Gasteiger partial charge < -0.3 is 19.7 Å². The van der Waals surface area contributed by atoms with E-state index in [0.717, 1.165) is 0 Å². The van der Waals surface area contributed by atoms with Gasteiger partial charge in [0.2, 0.25) is 0 Å². The average molecular weight is 368 g/mol. The molecule has 0 aromatic carbocycles. The van der Waals surface area contributed by atoms with Gasteiger partial charge in [-0.3, -0.25) is 19.2 Å². The van der Waals surface area contributed by atoms with Crippen molar-refractivity contribution in [1.29, 1.82) is 0 Å². The molecule has 4 atom stereocenters. The number of methoxy groups -OCH3 is 2. The molecule has 0 radical (unpaired) electrons. The van der Waals surface area contributed by atoms with Gasteiger partial charge in [0.15, 0.2) is 0 Å². The number of carboxylic acids is 2. The van der Waals surface area contributed by atoms with Crippen molar-refractivity contribution in [3.63, 3.8) is 0 Å². The van der Waals surface area contributed by atoms with Gasteiger partial charge in [-0.1, -0.05) is 24.3 Å². The first-order chi connectivity index (χ1) is 12.3. The summed E-state index contributed by atoms with van der Waals surface area (Å²) < 4.78 is 9.07. The van der Waals surface area contributed by atoms with Gasteiger partial charge in [-0.15, -0.1) is 0 Å². The molecule has 8 heteroatoms. The first-order valence-electron chi connectivity index (χ1n) is 8.24. The highest BCUT2D eigenvalue weighted by Crippen LogP contribution is 2.27. The van der Waals surface area contributed by atoms with Crippen molar-refractivity contribution in [2.45, 2.75) is 25.7 Å². The Labute approximate surface area is 151 Å². The first kappa shape index (κ1) is 21.4. The molecule has 0 heterocycles. The van der Waals surface area contributed by atoms with E-state index >= 15 is 0 Å². The molecule has 0 bridgehead atoms. The Hall–Kier alpha value is -2.64. The van der Waals surface area contributed by atoms with E-state index in [-0.39, 0.29) is 0 Å². The lowest BCUT2D eigenvalue weighted by Crippen LogP contribution is -2.31. The molecule has 2 rings (SSSR count).